The Morgan fingerprint density at radius 2 is 2.35 bits per heavy atom. The summed E-state index contributed by atoms with van der Waals surface area (Å²) < 4.78 is 20.0. The standard InChI is InChI=1S/C15H20FN3O/c1-2-3-6-19-11-18-14-7-13(4-5-15(14)19)20-10-12(8-16)9-17/h4-5,7-8,11H,2-3,6,9-10,17H2,1H3/b12-8+. The van der Waals surface area contributed by atoms with Gasteiger partial charge in [-0.15, -0.1) is 0 Å². The molecule has 0 saturated heterocycles. The van der Waals surface area contributed by atoms with Crippen molar-refractivity contribution in [1.29, 1.82) is 0 Å². The predicted molar refractivity (Wildman–Crippen MR) is 78.4 cm³/mol. The van der Waals surface area contributed by atoms with Crippen LogP contribution in [0.25, 0.3) is 11.0 Å². The SMILES string of the molecule is CCCCn1cnc2cc(OC/C(=C/F)CN)ccc21. The second-order valence-electron chi connectivity index (χ2n) is 4.70. The summed E-state index contributed by atoms with van der Waals surface area (Å²) in [6.07, 6.45) is 4.62. The lowest BCUT2D eigenvalue weighted by atomic mass is 10.2. The van der Waals surface area contributed by atoms with Crippen molar-refractivity contribution in [2.75, 3.05) is 13.2 Å². The van der Waals surface area contributed by atoms with E-state index >= 15 is 0 Å². The molecule has 2 rings (SSSR count). The molecule has 0 amide bonds. The monoisotopic (exact) mass is 277 g/mol. The Labute approximate surface area is 118 Å². The van der Waals surface area contributed by atoms with Crippen LogP contribution >= 0.6 is 0 Å². The van der Waals surface area contributed by atoms with Crippen molar-refractivity contribution in [2.24, 2.45) is 5.73 Å². The third-order valence-electron chi connectivity index (χ3n) is 3.19. The number of nitrogens with two attached hydrogens (primary N) is 1. The van der Waals surface area contributed by atoms with Gasteiger partial charge in [0.2, 0.25) is 0 Å². The van der Waals surface area contributed by atoms with Crippen LogP contribution in [0.4, 0.5) is 4.39 Å². The van der Waals surface area contributed by atoms with Gasteiger partial charge in [-0.2, -0.15) is 0 Å². The molecular formula is C15H20FN3O. The first-order chi connectivity index (χ1) is 9.78. The first-order valence-electron chi connectivity index (χ1n) is 6.84. The molecule has 0 bridgehead atoms. The fourth-order valence-electron chi connectivity index (χ4n) is 1.95. The van der Waals surface area contributed by atoms with Crippen LogP contribution in [0.15, 0.2) is 36.4 Å². The number of benzene rings is 1. The minimum atomic E-state index is 0.157. The number of aryl methyl sites for hydroxylation is 1. The summed E-state index contributed by atoms with van der Waals surface area (Å²) >= 11 is 0. The number of fused-ring (bicyclic) bond motifs is 1. The highest BCUT2D eigenvalue weighted by atomic mass is 19.1. The molecular weight excluding hydrogens is 257 g/mol. The molecule has 1 aromatic carbocycles. The maximum absolute atomic E-state index is 12.4. The average molecular weight is 277 g/mol. The molecule has 0 spiro atoms. The second-order valence-corrected chi connectivity index (χ2v) is 4.70. The van der Waals surface area contributed by atoms with Crippen molar-refractivity contribution in [3.63, 3.8) is 0 Å². The van der Waals surface area contributed by atoms with Crippen LogP contribution < -0.4 is 10.5 Å². The van der Waals surface area contributed by atoms with E-state index in [9.17, 15) is 4.39 Å². The third kappa shape index (κ3) is 3.36. The second kappa shape index (κ2) is 7.05. The van der Waals surface area contributed by atoms with Gasteiger partial charge >= 0.3 is 0 Å². The van der Waals surface area contributed by atoms with Gasteiger partial charge in [0.25, 0.3) is 0 Å². The number of unbranched alkanes of at least 4 members (excludes halogenated alkanes) is 1. The first kappa shape index (κ1) is 14.5. The molecule has 0 atom stereocenters. The number of ether oxygens (including phenoxy) is 1. The van der Waals surface area contributed by atoms with Gasteiger partial charge in [-0.25, -0.2) is 9.37 Å². The smallest absolute Gasteiger partial charge is 0.122 e. The number of imidazole rings is 1. The van der Waals surface area contributed by atoms with Crippen molar-refractivity contribution in [3.8, 4) is 5.75 Å². The molecule has 20 heavy (non-hydrogen) atoms. The Morgan fingerprint density at radius 3 is 3.05 bits per heavy atom. The van der Waals surface area contributed by atoms with E-state index in [2.05, 4.69) is 16.5 Å². The van der Waals surface area contributed by atoms with Crippen LogP contribution in [-0.2, 0) is 6.54 Å². The molecule has 5 heteroatoms. The molecule has 108 valence electrons. The van der Waals surface area contributed by atoms with Crippen LogP contribution in [0, 0.1) is 0 Å². The summed E-state index contributed by atoms with van der Waals surface area (Å²) in [6, 6.07) is 5.72. The topological polar surface area (TPSA) is 53.1 Å². The van der Waals surface area contributed by atoms with E-state index in [-0.39, 0.29) is 13.2 Å². The Kier molecular flexibility index (Phi) is 5.12. The van der Waals surface area contributed by atoms with Gasteiger partial charge in [-0.05, 0) is 18.6 Å². The largest absolute Gasteiger partial charge is 0.489 e. The Bertz CT molecular complexity index is 592. The van der Waals surface area contributed by atoms with E-state index in [0.29, 0.717) is 17.7 Å². The van der Waals surface area contributed by atoms with Gasteiger partial charge in [-0.1, -0.05) is 13.3 Å². The van der Waals surface area contributed by atoms with Crippen LogP contribution in [0.5, 0.6) is 5.75 Å². The quantitative estimate of drug-likeness (QED) is 0.846. The van der Waals surface area contributed by atoms with Crippen molar-refractivity contribution in [1.82, 2.24) is 9.55 Å². The molecule has 4 nitrogen and oxygen atoms in total. The average Bonchev–Trinajstić information content (AvgIpc) is 2.88. The maximum Gasteiger partial charge on any atom is 0.122 e. The van der Waals surface area contributed by atoms with Gasteiger partial charge in [-0.3, -0.25) is 0 Å². The van der Waals surface area contributed by atoms with E-state index in [1.807, 2.05) is 24.5 Å². The molecule has 0 aliphatic heterocycles. The number of rotatable bonds is 7. The summed E-state index contributed by atoms with van der Waals surface area (Å²) in [6.45, 7) is 3.45. The highest BCUT2D eigenvalue weighted by Gasteiger charge is 2.05. The first-order valence-corrected chi connectivity index (χ1v) is 6.84. The lowest BCUT2D eigenvalue weighted by molar-refractivity contribution is 0.348. The van der Waals surface area contributed by atoms with Crippen molar-refractivity contribution < 1.29 is 9.13 Å². The summed E-state index contributed by atoms with van der Waals surface area (Å²) in [5, 5.41) is 0. The molecule has 0 unspecified atom stereocenters. The predicted octanol–water partition coefficient (Wildman–Crippen LogP) is 3.03. The van der Waals surface area contributed by atoms with E-state index < -0.39 is 0 Å². The number of aromatic nitrogens is 2. The summed E-state index contributed by atoms with van der Waals surface area (Å²) in [5.74, 6) is 0.672. The number of nitrogens with zero attached hydrogens (tertiary/aromatic N) is 2. The molecule has 1 heterocycles. The molecule has 2 N–H and O–H groups in total. The number of halogens is 1. The van der Waals surface area contributed by atoms with Crippen LogP contribution in [0.1, 0.15) is 19.8 Å². The summed E-state index contributed by atoms with van der Waals surface area (Å²) in [7, 11) is 0. The maximum atomic E-state index is 12.4. The number of hydrogen-bond donors (Lipinski definition) is 1. The minimum Gasteiger partial charge on any atom is -0.489 e. The summed E-state index contributed by atoms with van der Waals surface area (Å²) in [4.78, 5) is 4.37. The zero-order valence-corrected chi connectivity index (χ0v) is 11.7. The van der Waals surface area contributed by atoms with Gasteiger partial charge in [0.05, 0.1) is 23.7 Å². The lowest BCUT2D eigenvalue weighted by Crippen LogP contribution is -2.10. The zero-order chi connectivity index (χ0) is 14.4. The highest BCUT2D eigenvalue weighted by molar-refractivity contribution is 5.77. The van der Waals surface area contributed by atoms with Crippen molar-refractivity contribution in [2.45, 2.75) is 26.3 Å². The Hall–Kier alpha value is -1.88. The fraction of sp³-hybridized carbons (Fsp3) is 0.400. The molecule has 0 aliphatic rings. The third-order valence-corrected chi connectivity index (χ3v) is 3.19. The van der Waals surface area contributed by atoms with E-state index in [1.165, 1.54) is 0 Å². The van der Waals surface area contributed by atoms with Crippen molar-refractivity contribution >= 4 is 11.0 Å². The van der Waals surface area contributed by atoms with Crippen LogP contribution in [0.3, 0.4) is 0 Å². The van der Waals surface area contributed by atoms with Gasteiger partial charge in [0.1, 0.15) is 12.4 Å². The molecule has 0 saturated carbocycles. The van der Waals surface area contributed by atoms with Crippen LogP contribution in [-0.4, -0.2) is 22.7 Å². The van der Waals surface area contributed by atoms with Gasteiger partial charge in [0.15, 0.2) is 0 Å². The van der Waals surface area contributed by atoms with E-state index in [0.717, 1.165) is 30.4 Å². The number of hydrogen-bond acceptors (Lipinski definition) is 3. The van der Waals surface area contributed by atoms with Gasteiger partial charge < -0.3 is 15.0 Å². The zero-order valence-electron chi connectivity index (χ0n) is 11.7. The molecule has 0 radical (unpaired) electrons. The molecule has 0 aliphatic carbocycles. The van der Waals surface area contributed by atoms with Crippen molar-refractivity contribution in [3.05, 3.63) is 36.4 Å². The van der Waals surface area contributed by atoms with E-state index in [4.69, 9.17) is 10.5 Å². The lowest BCUT2D eigenvalue weighted by Gasteiger charge is -2.07. The Morgan fingerprint density at radius 1 is 1.50 bits per heavy atom. The van der Waals surface area contributed by atoms with Crippen LogP contribution in [0.2, 0.25) is 0 Å². The Balaban J connectivity index is 2.10. The minimum absolute atomic E-state index is 0.157. The fourth-order valence-corrected chi connectivity index (χ4v) is 1.95. The molecule has 0 fully saturated rings. The molecule has 1 aromatic heterocycles. The van der Waals surface area contributed by atoms with Gasteiger partial charge in [0, 0.05) is 24.7 Å². The van der Waals surface area contributed by atoms with E-state index in [1.54, 1.807) is 0 Å². The molecule has 2 aromatic rings. The summed E-state index contributed by atoms with van der Waals surface area (Å²) in [5.41, 5.74) is 7.79. The normalized spacial score (nSPS) is 12.1. The highest BCUT2D eigenvalue weighted by Crippen LogP contribution is 2.20.